The molecule has 0 aromatic carbocycles. The summed E-state index contributed by atoms with van der Waals surface area (Å²) in [5.41, 5.74) is 3.76. The summed E-state index contributed by atoms with van der Waals surface area (Å²) in [6, 6.07) is 0. The van der Waals surface area contributed by atoms with Gasteiger partial charge in [-0.25, -0.2) is 0 Å². The van der Waals surface area contributed by atoms with E-state index < -0.39 is 5.79 Å². The molecule has 0 aliphatic carbocycles. The molecule has 0 saturated carbocycles. The number of hydrogen-bond acceptors (Lipinski definition) is 4. The first-order chi connectivity index (χ1) is 9.48. The Kier molecular flexibility index (Phi) is 4.71. The Morgan fingerprint density at radius 1 is 1.40 bits per heavy atom. The maximum atomic E-state index is 5.92. The van der Waals surface area contributed by atoms with Gasteiger partial charge in [0.1, 0.15) is 5.75 Å². The number of fused-ring (bicyclic) bond motifs is 1. The highest BCUT2D eigenvalue weighted by Gasteiger charge is 2.31. The zero-order valence-corrected chi connectivity index (χ0v) is 12.8. The van der Waals surface area contributed by atoms with E-state index in [2.05, 4.69) is 11.9 Å². The van der Waals surface area contributed by atoms with E-state index in [9.17, 15) is 0 Å². The monoisotopic (exact) mass is 275 g/mol. The van der Waals surface area contributed by atoms with Gasteiger partial charge in [0, 0.05) is 37.3 Å². The van der Waals surface area contributed by atoms with Gasteiger partial charge in [0.2, 0.25) is 5.79 Å². The normalized spacial score (nSPS) is 16.6. The Labute approximate surface area is 122 Å². The lowest BCUT2D eigenvalue weighted by molar-refractivity contribution is -0.181. The molecular formula is C15H22BNO3. The van der Waals surface area contributed by atoms with Gasteiger partial charge in [-0.15, -0.1) is 0 Å². The number of ether oxygens (including phenoxy) is 3. The zero-order chi connectivity index (χ0) is 14.8. The lowest BCUT2D eigenvalue weighted by Crippen LogP contribution is -2.36. The van der Waals surface area contributed by atoms with E-state index in [1.807, 2.05) is 20.8 Å². The topological polar surface area (TPSA) is 40.6 Å². The highest BCUT2D eigenvalue weighted by Crippen LogP contribution is 2.36. The Morgan fingerprint density at radius 2 is 2.15 bits per heavy atom. The molecule has 2 radical (unpaired) electrons. The molecule has 20 heavy (non-hydrogen) atoms. The van der Waals surface area contributed by atoms with Gasteiger partial charge in [0.15, 0.2) is 0 Å². The van der Waals surface area contributed by atoms with E-state index in [4.69, 9.17) is 22.1 Å². The summed E-state index contributed by atoms with van der Waals surface area (Å²) in [5.74, 6) is 0.194. The van der Waals surface area contributed by atoms with Crippen molar-refractivity contribution in [2.45, 2.75) is 59.4 Å². The van der Waals surface area contributed by atoms with Crippen LogP contribution in [0.4, 0.5) is 0 Å². The Morgan fingerprint density at radius 3 is 2.80 bits per heavy atom. The lowest BCUT2D eigenvalue weighted by Gasteiger charge is -2.34. The Bertz CT molecular complexity index is 488. The minimum absolute atomic E-state index is 0.391. The van der Waals surface area contributed by atoms with Gasteiger partial charge >= 0.3 is 0 Å². The summed E-state index contributed by atoms with van der Waals surface area (Å²) in [5, 5.41) is 0. The van der Waals surface area contributed by atoms with Gasteiger partial charge < -0.3 is 14.2 Å². The van der Waals surface area contributed by atoms with E-state index in [0.717, 1.165) is 41.3 Å². The van der Waals surface area contributed by atoms with Crippen LogP contribution in [-0.4, -0.2) is 25.2 Å². The maximum absolute atomic E-state index is 5.92. The van der Waals surface area contributed by atoms with Crippen molar-refractivity contribution in [1.82, 2.24) is 4.98 Å². The van der Waals surface area contributed by atoms with Gasteiger partial charge in [-0.3, -0.25) is 4.98 Å². The van der Waals surface area contributed by atoms with Crippen molar-refractivity contribution < 1.29 is 14.2 Å². The standard InChI is InChI=1S/C15H22BNO3/c1-5-6-18-8-11-12-9-19-15(3,4)20-14(12)10(2)17-13(11)7-16/h5-9H2,1-4H3. The van der Waals surface area contributed by atoms with Crippen molar-refractivity contribution in [2.75, 3.05) is 6.61 Å². The number of hydrogen-bond donors (Lipinski definition) is 0. The fourth-order valence-corrected chi connectivity index (χ4v) is 2.32. The van der Waals surface area contributed by atoms with Gasteiger partial charge in [-0.1, -0.05) is 6.92 Å². The van der Waals surface area contributed by atoms with Crippen LogP contribution >= 0.6 is 0 Å². The molecule has 0 N–H and O–H groups in total. The third kappa shape index (κ3) is 3.15. The summed E-state index contributed by atoms with van der Waals surface area (Å²) in [6.45, 7) is 9.56. The minimum atomic E-state index is -0.620. The second kappa shape index (κ2) is 6.14. The van der Waals surface area contributed by atoms with Crippen LogP contribution in [0.1, 0.15) is 49.7 Å². The molecular weight excluding hydrogens is 253 g/mol. The van der Waals surface area contributed by atoms with Crippen molar-refractivity contribution >= 4 is 7.85 Å². The molecule has 0 saturated heterocycles. The zero-order valence-electron chi connectivity index (χ0n) is 12.8. The molecule has 0 unspecified atom stereocenters. The average molecular weight is 275 g/mol. The summed E-state index contributed by atoms with van der Waals surface area (Å²) < 4.78 is 17.3. The molecule has 0 spiro atoms. The van der Waals surface area contributed by atoms with Gasteiger partial charge in [-0.2, -0.15) is 0 Å². The Balaban J connectivity index is 2.39. The predicted molar refractivity (Wildman–Crippen MR) is 77.9 cm³/mol. The second-order valence-electron chi connectivity index (χ2n) is 5.48. The summed E-state index contributed by atoms with van der Waals surface area (Å²) in [6.07, 6.45) is 1.38. The molecule has 2 heterocycles. The third-order valence-corrected chi connectivity index (χ3v) is 3.32. The van der Waals surface area contributed by atoms with Gasteiger partial charge in [0.05, 0.1) is 26.8 Å². The largest absolute Gasteiger partial charge is 0.461 e. The number of aryl methyl sites for hydroxylation is 1. The number of rotatable bonds is 5. The average Bonchev–Trinajstić information content (AvgIpc) is 2.40. The van der Waals surface area contributed by atoms with E-state index in [0.29, 0.717) is 19.5 Å². The fourth-order valence-electron chi connectivity index (χ4n) is 2.32. The van der Waals surface area contributed by atoms with Crippen molar-refractivity contribution in [1.29, 1.82) is 0 Å². The van der Waals surface area contributed by atoms with Crippen LogP contribution in [0.3, 0.4) is 0 Å². The smallest absolute Gasteiger partial charge is 0.205 e. The first-order valence-electron chi connectivity index (χ1n) is 7.10. The summed E-state index contributed by atoms with van der Waals surface area (Å²) in [7, 11) is 5.81. The lowest BCUT2D eigenvalue weighted by atomic mass is 9.94. The molecule has 0 bridgehead atoms. The molecule has 1 aliphatic rings. The second-order valence-corrected chi connectivity index (χ2v) is 5.48. The molecule has 1 aliphatic heterocycles. The molecule has 0 atom stereocenters. The van der Waals surface area contributed by atoms with Crippen LogP contribution in [0.5, 0.6) is 5.75 Å². The fraction of sp³-hybridized carbons (Fsp3) is 0.667. The Hall–Kier alpha value is -1.07. The van der Waals surface area contributed by atoms with Crippen LogP contribution in [0, 0.1) is 6.92 Å². The van der Waals surface area contributed by atoms with E-state index in [1.165, 1.54) is 0 Å². The van der Waals surface area contributed by atoms with E-state index >= 15 is 0 Å². The predicted octanol–water partition coefficient (Wildman–Crippen LogP) is 2.63. The van der Waals surface area contributed by atoms with Gasteiger partial charge in [-0.05, 0) is 19.7 Å². The summed E-state index contributed by atoms with van der Waals surface area (Å²) in [4.78, 5) is 4.56. The SMILES string of the molecule is [B]Cc1nc(C)c2c(c1COCCC)COC(C)(C)O2. The van der Waals surface area contributed by atoms with Crippen LogP contribution in [-0.2, 0) is 29.0 Å². The first kappa shape index (κ1) is 15.3. The highest BCUT2D eigenvalue weighted by molar-refractivity contribution is 6.08. The molecule has 5 heteroatoms. The number of aromatic nitrogens is 1. The maximum Gasteiger partial charge on any atom is 0.205 e. The van der Waals surface area contributed by atoms with Crippen LogP contribution < -0.4 is 4.74 Å². The molecule has 0 amide bonds. The van der Waals surface area contributed by atoms with Crippen LogP contribution in [0.15, 0.2) is 0 Å². The van der Waals surface area contributed by atoms with E-state index in [-0.39, 0.29) is 0 Å². The van der Waals surface area contributed by atoms with Crippen molar-refractivity contribution in [3.8, 4) is 5.75 Å². The molecule has 108 valence electrons. The summed E-state index contributed by atoms with van der Waals surface area (Å²) >= 11 is 0. The molecule has 1 aromatic rings. The van der Waals surface area contributed by atoms with Crippen LogP contribution in [0.25, 0.3) is 0 Å². The number of nitrogens with zero attached hydrogens (tertiary/aromatic N) is 1. The first-order valence-corrected chi connectivity index (χ1v) is 7.10. The van der Waals surface area contributed by atoms with Crippen molar-refractivity contribution in [3.05, 3.63) is 22.5 Å². The molecule has 2 rings (SSSR count). The molecule has 1 aromatic heterocycles. The minimum Gasteiger partial charge on any atom is -0.461 e. The van der Waals surface area contributed by atoms with E-state index in [1.54, 1.807) is 0 Å². The quantitative estimate of drug-likeness (QED) is 0.612. The van der Waals surface area contributed by atoms with Crippen molar-refractivity contribution in [2.24, 2.45) is 0 Å². The molecule has 0 fully saturated rings. The van der Waals surface area contributed by atoms with Gasteiger partial charge in [0.25, 0.3) is 0 Å². The van der Waals surface area contributed by atoms with Crippen LogP contribution in [0.2, 0.25) is 0 Å². The number of pyridine rings is 1. The third-order valence-electron chi connectivity index (χ3n) is 3.32. The molecule has 4 nitrogen and oxygen atoms in total. The van der Waals surface area contributed by atoms with Crippen molar-refractivity contribution in [3.63, 3.8) is 0 Å². The highest BCUT2D eigenvalue weighted by atomic mass is 16.7.